The van der Waals surface area contributed by atoms with Gasteiger partial charge in [-0.25, -0.2) is 0 Å². The summed E-state index contributed by atoms with van der Waals surface area (Å²) in [5, 5.41) is 7.04. The third kappa shape index (κ3) is 3.08. The third-order valence-electron chi connectivity index (χ3n) is 4.53. The van der Waals surface area contributed by atoms with Crippen molar-refractivity contribution in [3.05, 3.63) is 41.2 Å². The van der Waals surface area contributed by atoms with Crippen molar-refractivity contribution in [1.82, 2.24) is 10.5 Å². The van der Waals surface area contributed by atoms with Gasteiger partial charge >= 0.3 is 0 Å². The first-order valence-electron chi connectivity index (χ1n) is 7.91. The Morgan fingerprint density at radius 1 is 1.36 bits per heavy atom. The maximum atomic E-state index is 12.5. The van der Waals surface area contributed by atoms with E-state index in [4.69, 9.17) is 8.94 Å². The van der Waals surface area contributed by atoms with Crippen molar-refractivity contribution in [3.63, 3.8) is 0 Å². The molecule has 0 aliphatic heterocycles. The number of aromatic nitrogens is 1. The van der Waals surface area contributed by atoms with Crippen molar-refractivity contribution in [2.75, 3.05) is 0 Å². The standard InChI is InChI=1S/C17H22N2O3/c1-11-16(12(2)22-19-11)17(20)18-15-8-4-3-6-13(15)10-14-7-5-9-21-14/h5,7,9,13,15H,3-4,6,8,10H2,1-2H3,(H,18,20)/t13-,15+/m1/s1. The Morgan fingerprint density at radius 2 is 2.18 bits per heavy atom. The predicted octanol–water partition coefficient (Wildman–Crippen LogP) is 3.42. The molecule has 0 radical (unpaired) electrons. The van der Waals surface area contributed by atoms with Gasteiger partial charge < -0.3 is 14.3 Å². The van der Waals surface area contributed by atoms with E-state index in [9.17, 15) is 4.79 Å². The Balaban J connectivity index is 1.70. The van der Waals surface area contributed by atoms with Crippen molar-refractivity contribution in [2.24, 2.45) is 5.92 Å². The molecule has 0 unspecified atom stereocenters. The van der Waals surface area contributed by atoms with Crippen molar-refractivity contribution >= 4 is 5.91 Å². The van der Waals surface area contributed by atoms with E-state index in [0.29, 0.717) is 22.9 Å². The first-order chi connectivity index (χ1) is 10.6. The Hall–Kier alpha value is -2.04. The minimum Gasteiger partial charge on any atom is -0.469 e. The van der Waals surface area contributed by atoms with Crippen LogP contribution in [0.2, 0.25) is 0 Å². The molecule has 2 atom stereocenters. The molecular weight excluding hydrogens is 280 g/mol. The molecule has 22 heavy (non-hydrogen) atoms. The van der Waals surface area contributed by atoms with Crippen LogP contribution in [0.4, 0.5) is 0 Å². The minimum absolute atomic E-state index is 0.0763. The van der Waals surface area contributed by atoms with Gasteiger partial charge in [-0.05, 0) is 44.7 Å². The van der Waals surface area contributed by atoms with Crippen LogP contribution in [0.25, 0.3) is 0 Å². The van der Waals surface area contributed by atoms with Gasteiger partial charge in [-0.2, -0.15) is 0 Å². The number of aryl methyl sites for hydroxylation is 2. The highest BCUT2D eigenvalue weighted by atomic mass is 16.5. The molecular formula is C17H22N2O3. The summed E-state index contributed by atoms with van der Waals surface area (Å²) in [7, 11) is 0. The molecule has 0 aromatic carbocycles. The summed E-state index contributed by atoms with van der Waals surface area (Å²) in [6.07, 6.45) is 7.08. The highest BCUT2D eigenvalue weighted by Crippen LogP contribution is 2.28. The zero-order chi connectivity index (χ0) is 15.5. The Kier molecular flexibility index (Phi) is 4.32. The summed E-state index contributed by atoms with van der Waals surface area (Å²) in [6, 6.07) is 4.09. The maximum absolute atomic E-state index is 12.5. The maximum Gasteiger partial charge on any atom is 0.257 e. The second-order valence-corrected chi connectivity index (χ2v) is 6.11. The second-order valence-electron chi connectivity index (χ2n) is 6.11. The normalized spacial score (nSPS) is 21.7. The fourth-order valence-corrected chi connectivity index (χ4v) is 3.38. The number of amides is 1. The van der Waals surface area contributed by atoms with Crippen LogP contribution in [0.1, 0.15) is 53.3 Å². The monoisotopic (exact) mass is 302 g/mol. The fourth-order valence-electron chi connectivity index (χ4n) is 3.38. The Labute approximate surface area is 130 Å². The predicted molar refractivity (Wildman–Crippen MR) is 81.6 cm³/mol. The molecule has 2 heterocycles. The highest BCUT2D eigenvalue weighted by molar-refractivity contribution is 5.96. The number of nitrogens with zero attached hydrogens (tertiary/aromatic N) is 1. The molecule has 0 bridgehead atoms. The number of rotatable bonds is 4. The minimum atomic E-state index is -0.0763. The van der Waals surface area contributed by atoms with Crippen LogP contribution in [0.15, 0.2) is 27.3 Å². The topological polar surface area (TPSA) is 68.3 Å². The molecule has 1 aliphatic rings. The zero-order valence-electron chi connectivity index (χ0n) is 13.1. The number of hydrogen-bond donors (Lipinski definition) is 1. The first-order valence-corrected chi connectivity index (χ1v) is 7.91. The van der Waals surface area contributed by atoms with Crippen LogP contribution in [-0.4, -0.2) is 17.1 Å². The summed E-state index contributed by atoms with van der Waals surface area (Å²) < 4.78 is 10.6. The number of furan rings is 1. The van der Waals surface area contributed by atoms with Gasteiger partial charge in [-0.1, -0.05) is 18.0 Å². The molecule has 0 spiro atoms. The van der Waals surface area contributed by atoms with Crippen LogP contribution >= 0.6 is 0 Å². The van der Waals surface area contributed by atoms with Gasteiger partial charge in [0, 0.05) is 12.5 Å². The second kappa shape index (κ2) is 6.38. The molecule has 1 aliphatic carbocycles. The van der Waals surface area contributed by atoms with Gasteiger partial charge in [-0.3, -0.25) is 4.79 Å². The van der Waals surface area contributed by atoms with Crippen molar-refractivity contribution in [2.45, 2.75) is 52.0 Å². The van der Waals surface area contributed by atoms with Gasteiger partial charge in [0.1, 0.15) is 17.1 Å². The van der Waals surface area contributed by atoms with Crippen molar-refractivity contribution in [3.8, 4) is 0 Å². The van der Waals surface area contributed by atoms with Crippen molar-refractivity contribution < 1.29 is 13.7 Å². The van der Waals surface area contributed by atoms with E-state index in [2.05, 4.69) is 10.5 Å². The number of hydrogen-bond acceptors (Lipinski definition) is 4. The lowest BCUT2D eigenvalue weighted by molar-refractivity contribution is 0.0902. The van der Waals surface area contributed by atoms with Crippen LogP contribution in [0.5, 0.6) is 0 Å². The molecule has 1 fully saturated rings. The summed E-state index contributed by atoms with van der Waals surface area (Å²) >= 11 is 0. The van der Waals surface area contributed by atoms with Gasteiger partial charge in [0.25, 0.3) is 5.91 Å². The van der Waals surface area contributed by atoms with E-state index < -0.39 is 0 Å². The van der Waals surface area contributed by atoms with Crippen LogP contribution in [0, 0.1) is 19.8 Å². The molecule has 1 amide bonds. The quantitative estimate of drug-likeness (QED) is 0.939. The summed E-state index contributed by atoms with van der Waals surface area (Å²) in [4.78, 5) is 12.5. The molecule has 1 saturated carbocycles. The van der Waals surface area contributed by atoms with Gasteiger partial charge in [0.15, 0.2) is 0 Å². The zero-order valence-corrected chi connectivity index (χ0v) is 13.1. The summed E-state index contributed by atoms with van der Waals surface area (Å²) in [5.41, 5.74) is 1.22. The van der Waals surface area contributed by atoms with Crippen molar-refractivity contribution in [1.29, 1.82) is 0 Å². The first kappa shape index (κ1) is 14.9. The largest absolute Gasteiger partial charge is 0.469 e. The number of carbonyl (C=O) groups excluding carboxylic acids is 1. The number of carbonyl (C=O) groups is 1. The van der Waals surface area contributed by atoms with E-state index in [1.807, 2.05) is 12.1 Å². The molecule has 1 N–H and O–H groups in total. The third-order valence-corrected chi connectivity index (χ3v) is 4.53. The highest BCUT2D eigenvalue weighted by Gasteiger charge is 2.29. The fraction of sp³-hybridized carbons (Fsp3) is 0.529. The molecule has 3 rings (SSSR count). The lowest BCUT2D eigenvalue weighted by atomic mass is 9.81. The Bertz CT molecular complexity index is 611. The van der Waals surface area contributed by atoms with Crippen LogP contribution in [0.3, 0.4) is 0 Å². The average Bonchev–Trinajstić information content (AvgIpc) is 3.11. The van der Waals surface area contributed by atoms with E-state index in [0.717, 1.165) is 31.4 Å². The van der Waals surface area contributed by atoms with Gasteiger partial charge in [0.05, 0.1) is 12.0 Å². The molecule has 0 saturated heterocycles. The molecule has 5 nitrogen and oxygen atoms in total. The summed E-state index contributed by atoms with van der Waals surface area (Å²) in [5.74, 6) is 1.91. The SMILES string of the molecule is Cc1noc(C)c1C(=O)N[C@H]1CCCC[C@@H]1Cc1ccco1. The summed E-state index contributed by atoms with van der Waals surface area (Å²) in [6.45, 7) is 3.57. The lowest BCUT2D eigenvalue weighted by Gasteiger charge is -2.31. The average molecular weight is 302 g/mol. The molecule has 2 aromatic rings. The Morgan fingerprint density at radius 3 is 2.86 bits per heavy atom. The molecule has 2 aromatic heterocycles. The van der Waals surface area contributed by atoms with Gasteiger partial charge in [0.2, 0.25) is 0 Å². The van der Waals surface area contributed by atoms with E-state index >= 15 is 0 Å². The van der Waals surface area contributed by atoms with Crippen LogP contribution < -0.4 is 5.32 Å². The molecule has 118 valence electrons. The van der Waals surface area contributed by atoms with E-state index in [1.165, 1.54) is 6.42 Å². The molecule has 5 heteroatoms. The van der Waals surface area contributed by atoms with Gasteiger partial charge in [-0.15, -0.1) is 0 Å². The van der Waals surface area contributed by atoms with E-state index in [-0.39, 0.29) is 11.9 Å². The smallest absolute Gasteiger partial charge is 0.257 e. The number of nitrogens with one attached hydrogen (secondary N) is 1. The van der Waals surface area contributed by atoms with Crippen LogP contribution in [-0.2, 0) is 6.42 Å². The lowest BCUT2D eigenvalue weighted by Crippen LogP contribution is -2.43. The van der Waals surface area contributed by atoms with E-state index in [1.54, 1.807) is 20.1 Å².